The van der Waals surface area contributed by atoms with Crippen molar-refractivity contribution in [2.24, 2.45) is 0 Å². The highest BCUT2D eigenvalue weighted by atomic mass is 16.6. The molecule has 1 amide bonds. The van der Waals surface area contributed by atoms with E-state index in [2.05, 4.69) is 4.74 Å². The summed E-state index contributed by atoms with van der Waals surface area (Å²) in [5.41, 5.74) is -3.29. The van der Waals surface area contributed by atoms with Gasteiger partial charge in [-0.2, -0.15) is 0 Å². The van der Waals surface area contributed by atoms with Gasteiger partial charge < -0.3 is 18.9 Å². The molecule has 0 spiro atoms. The van der Waals surface area contributed by atoms with Crippen LogP contribution in [0.1, 0.15) is 47.5 Å². The van der Waals surface area contributed by atoms with Crippen LogP contribution in [0.25, 0.3) is 0 Å². The Bertz CT molecular complexity index is 509. The summed E-state index contributed by atoms with van der Waals surface area (Å²) in [6.07, 6.45) is -0.764. The Kier molecular flexibility index (Phi) is 5.86. The molecule has 1 rings (SSSR count). The van der Waals surface area contributed by atoms with Crippen LogP contribution in [0, 0.1) is 0 Å². The second-order valence-electron chi connectivity index (χ2n) is 7.15. The fourth-order valence-electron chi connectivity index (χ4n) is 2.68. The van der Waals surface area contributed by atoms with E-state index in [1.54, 1.807) is 34.6 Å². The quantitative estimate of drug-likeness (QED) is 0.567. The van der Waals surface area contributed by atoms with Crippen molar-refractivity contribution >= 4 is 18.0 Å². The molecule has 0 unspecified atom stereocenters. The molecular formula is C16H27NO7. The lowest BCUT2D eigenvalue weighted by molar-refractivity contribution is -0.156. The number of methoxy groups -OCH3 is 2. The van der Waals surface area contributed by atoms with Crippen molar-refractivity contribution in [3.05, 3.63) is 0 Å². The second kappa shape index (κ2) is 6.96. The number of amides is 1. The van der Waals surface area contributed by atoms with Crippen LogP contribution >= 0.6 is 0 Å². The van der Waals surface area contributed by atoms with Crippen molar-refractivity contribution in [3.8, 4) is 0 Å². The number of rotatable bonds is 4. The van der Waals surface area contributed by atoms with E-state index in [0.717, 1.165) is 0 Å². The summed E-state index contributed by atoms with van der Waals surface area (Å²) in [7, 11) is 2.48. The first-order chi connectivity index (χ1) is 10.9. The minimum absolute atomic E-state index is 0.00895. The van der Waals surface area contributed by atoms with Gasteiger partial charge in [0, 0.05) is 6.42 Å². The third kappa shape index (κ3) is 4.17. The molecule has 0 bridgehead atoms. The maximum absolute atomic E-state index is 12.7. The number of carbonyl (C=O) groups excluding carboxylic acids is 3. The molecule has 0 aromatic heterocycles. The molecule has 138 valence electrons. The number of esters is 2. The van der Waals surface area contributed by atoms with E-state index in [-0.39, 0.29) is 19.4 Å². The normalized spacial score (nSPS) is 22.9. The molecule has 0 aromatic rings. The lowest BCUT2D eigenvalue weighted by Crippen LogP contribution is -2.61. The zero-order valence-corrected chi connectivity index (χ0v) is 15.4. The fourth-order valence-corrected chi connectivity index (χ4v) is 2.68. The monoisotopic (exact) mass is 345 g/mol. The van der Waals surface area contributed by atoms with Crippen molar-refractivity contribution in [1.29, 1.82) is 0 Å². The third-order valence-electron chi connectivity index (χ3n) is 3.74. The summed E-state index contributed by atoms with van der Waals surface area (Å²) in [4.78, 5) is 38.0. The average molecular weight is 345 g/mol. The molecule has 0 aromatic carbocycles. The van der Waals surface area contributed by atoms with Gasteiger partial charge in [0.2, 0.25) is 0 Å². The van der Waals surface area contributed by atoms with Crippen LogP contribution in [0.15, 0.2) is 0 Å². The first-order valence-electron chi connectivity index (χ1n) is 7.72. The highest BCUT2D eigenvalue weighted by Crippen LogP contribution is 2.40. The molecule has 1 saturated heterocycles. The summed E-state index contributed by atoms with van der Waals surface area (Å²) in [6, 6.07) is 0. The molecule has 1 aliphatic heterocycles. The van der Waals surface area contributed by atoms with E-state index >= 15 is 0 Å². The average Bonchev–Trinajstić information content (AvgIpc) is 2.74. The van der Waals surface area contributed by atoms with Gasteiger partial charge in [0.1, 0.15) is 11.3 Å². The Morgan fingerprint density at radius 2 is 1.71 bits per heavy atom. The van der Waals surface area contributed by atoms with Crippen molar-refractivity contribution < 1.29 is 33.3 Å². The number of carbonyl (C=O) groups is 3. The Balaban J connectivity index is 3.24. The van der Waals surface area contributed by atoms with E-state index in [0.29, 0.717) is 0 Å². The van der Waals surface area contributed by atoms with E-state index in [1.165, 1.54) is 19.1 Å². The van der Waals surface area contributed by atoms with Crippen LogP contribution in [0.3, 0.4) is 0 Å². The third-order valence-corrected chi connectivity index (χ3v) is 3.74. The van der Waals surface area contributed by atoms with Crippen molar-refractivity contribution in [1.82, 2.24) is 4.90 Å². The molecular weight excluding hydrogens is 318 g/mol. The standard InChI is InChI=1S/C16H27NO7/c1-14(2,3)24-13(20)17-15(4,5)23-10-16(17,12(19)22-7)9-8-11(18)21-6/h8-10H2,1-7H3/t16-/m1/s1. The number of nitrogens with zero attached hydrogens (tertiary/aromatic N) is 1. The number of ether oxygens (including phenoxy) is 4. The summed E-state index contributed by atoms with van der Waals surface area (Å²) in [5, 5.41) is 0. The van der Waals surface area contributed by atoms with Gasteiger partial charge in [-0.05, 0) is 41.0 Å². The Labute approximate surface area is 142 Å². The van der Waals surface area contributed by atoms with E-state index in [1.807, 2.05) is 0 Å². The van der Waals surface area contributed by atoms with Crippen molar-refractivity contribution in [3.63, 3.8) is 0 Å². The van der Waals surface area contributed by atoms with E-state index < -0.39 is 34.9 Å². The van der Waals surface area contributed by atoms with Gasteiger partial charge in [0.15, 0.2) is 5.54 Å². The zero-order valence-electron chi connectivity index (χ0n) is 15.4. The predicted octanol–water partition coefficient (Wildman–Crippen LogP) is 1.85. The summed E-state index contributed by atoms with van der Waals surface area (Å²) < 4.78 is 20.6. The number of hydrogen-bond donors (Lipinski definition) is 0. The maximum Gasteiger partial charge on any atom is 0.413 e. The molecule has 0 saturated carbocycles. The highest BCUT2D eigenvalue weighted by molar-refractivity contribution is 5.87. The predicted molar refractivity (Wildman–Crippen MR) is 84.1 cm³/mol. The smallest absolute Gasteiger partial charge is 0.413 e. The summed E-state index contributed by atoms with van der Waals surface area (Å²) >= 11 is 0. The minimum atomic E-state index is -1.45. The second-order valence-corrected chi connectivity index (χ2v) is 7.15. The van der Waals surface area contributed by atoms with Crippen LogP contribution in [-0.4, -0.2) is 60.6 Å². The Morgan fingerprint density at radius 1 is 1.12 bits per heavy atom. The molecule has 1 aliphatic rings. The van der Waals surface area contributed by atoms with Gasteiger partial charge in [-0.1, -0.05) is 0 Å². The zero-order chi connectivity index (χ0) is 18.8. The van der Waals surface area contributed by atoms with Gasteiger partial charge in [-0.15, -0.1) is 0 Å². The fraction of sp³-hybridized carbons (Fsp3) is 0.812. The molecule has 0 N–H and O–H groups in total. The Hall–Kier alpha value is -1.83. The van der Waals surface area contributed by atoms with Crippen LogP contribution in [0.2, 0.25) is 0 Å². The molecule has 1 heterocycles. The van der Waals surface area contributed by atoms with E-state index in [9.17, 15) is 14.4 Å². The molecule has 1 atom stereocenters. The lowest BCUT2D eigenvalue weighted by atomic mass is 9.92. The molecule has 8 nitrogen and oxygen atoms in total. The van der Waals surface area contributed by atoms with Crippen LogP contribution in [-0.2, 0) is 28.5 Å². The molecule has 8 heteroatoms. The van der Waals surface area contributed by atoms with Gasteiger partial charge in [0.25, 0.3) is 0 Å². The number of hydrogen-bond acceptors (Lipinski definition) is 7. The van der Waals surface area contributed by atoms with E-state index in [4.69, 9.17) is 14.2 Å². The Morgan fingerprint density at radius 3 is 2.17 bits per heavy atom. The maximum atomic E-state index is 12.7. The molecule has 0 radical (unpaired) electrons. The summed E-state index contributed by atoms with van der Waals surface area (Å²) in [6.45, 7) is 8.39. The van der Waals surface area contributed by atoms with Gasteiger partial charge in [-0.25, -0.2) is 9.59 Å². The molecule has 24 heavy (non-hydrogen) atoms. The van der Waals surface area contributed by atoms with Crippen molar-refractivity contribution in [2.45, 2.75) is 64.3 Å². The van der Waals surface area contributed by atoms with Gasteiger partial charge >= 0.3 is 18.0 Å². The van der Waals surface area contributed by atoms with Crippen LogP contribution < -0.4 is 0 Å². The molecule has 1 fully saturated rings. The first-order valence-corrected chi connectivity index (χ1v) is 7.72. The van der Waals surface area contributed by atoms with Crippen LogP contribution in [0.5, 0.6) is 0 Å². The topological polar surface area (TPSA) is 91.4 Å². The lowest BCUT2D eigenvalue weighted by Gasteiger charge is -2.40. The SMILES string of the molecule is COC(=O)CC[C@]1(C(=O)OC)COC(C)(C)N1C(=O)OC(C)(C)C. The molecule has 0 aliphatic carbocycles. The van der Waals surface area contributed by atoms with Gasteiger partial charge in [0.05, 0.1) is 20.8 Å². The van der Waals surface area contributed by atoms with Crippen LogP contribution in [0.4, 0.5) is 4.79 Å². The minimum Gasteiger partial charge on any atom is -0.469 e. The first kappa shape index (κ1) is 20.2. The van der Waals surface area contributed by atoms with Gasteiger partial charge in [-0.3, -0.25) is 9.69 Å². The largest absolute Gasteiger partial charge is 0.469 e. The van der Waals surface area contributed by atoms with Crippen molar-refractivity contribution in [2.75, 3.05) is 20.8 Å². The summed E-state index contributed by atoms with van der Waals surface area (Å²) in [5.74, 6) is -1.16. The highest BCUT2D eigenvalue weighted by Gasteiger charge is 2.60.